The Morgan fingerprint density at radius 1 is 1.07 bits per heavy atom. The van der Waals surface area contributed by atoms with Crippen molar-refractivity contribution in [2.75, 3.05) is 5.73 Å². The quantitative estimate of drug-likeness (QED) is 0.719. The first-order valence-electron chi connectivity index (χ1n) is 4.39. The second kappa shape index (κ2) is 3.10. The van der Waals surface area contributed by atoms with E-state index >= 15 is 0 Å². The third kappa shape index (κ3) is 1.33. The molecule has 3 nitrogen and oxygen atoms in total. The number of benzene rings is 1. The Labute approximate surface area is 82.4 Å². The molecular weight excluding hydrogens is 176 g/mol. The van der Waals surface area contributed by atoms with E-state index in [2.05, 4.69) is 0 Å². The fourth-order valence-corrected chi connectivity index (χ4v) is 1.45. The highest BCUT2D eigenvalue weighted by atomic mass is 16.3. The summed E-state index contributed by atoms with van der Waals surface area (Å²) < 4.78 is 1.91. The van der Waals surface area contributed by atoms with Crippen molar-refractivity contribution < 1.29 is 5.11 Å². The second-order valence-electron chi connectivity index (χ2n) is 3.25. The van der Waals surface area contributed by atoms with E-state index in [4.69, 9.17) is 10.8 Å². The van der Waals surface area contributed by atoms with Gasteiger partial charge in [0, 0.05) is 12.7 Å². The maximum absolute atomic E-state index is 9.15. The summed E-state index contributed by atoms with van der Waals surface area (Å²) in [6.07, 6.45) is 0. The van der Waals surface area contributed by atoms with Crippen LogP contribution in [0.4, 0.5) is 5.82 Å². The summed E-state index contributed by atoms with van der Waals surface area (Å²) in [5.74, 6) is 1.00. The van der Waals surface area contributed by atoms with Crippen molar-refractivity contribution in [1.82, 2.24) is 4.57 Å². The van der Waals surface area contributed by atoms with E-state index in [1.165, 1.54) is 0 Å². The lowest BCUT2D eigenvalue weighted by molar-refractivity contribution is 0.475. The zero-order valence-corrected chi connectivity index (χ0v) is 7.94. The minimum atomic E-state index is 0.274. The van der Waals surface area contributed by atoms with E-state index in [1.54, 1.807) is 12.1 Å². The maximum atomic E-state index is 9.15. The average Bonchev–Trinajstić information content (AvgIpc) is 2.50. The topological polar surface area (TPSA) is 51.2 Å². The van der Waals surface area contributed by atoms with Gasteiger partial charge in [-0.25, -0.2) is 0 Å². The predicted molar refractivity (Wildman–Crippen MR) is 56.9 cm³/mol. The molecule has 0 unspecified atom stereocenters. The molecule has 0 saturated carbocycles. The Balaban J connectivity index is 2.49. The van der Waals surface area contributed by atoms with Crippen molar-refractivity contribution >= 4 is 5.82 Å². The van der Waals surface area contributed by atoms with Crippen LogP contribution in [0.2, 0.25) is 0 Å². The summed E-state index contributed by atoms with van der Waals surface area (Å²) in [7, 11) is 1.91. The van der Waals surface area contributed by atoms with Crippen molar-refractivity contribution in [3.8, 4) is 17.0 Å². The molecule has 0 bridgehead atoms. The van der Waals surface area contributed by atoms with Crippen LogP contribution in [0.15, 0.2) is 36.4 Å². The molecule has 0 spiro atoms. The van der Waals surface area contributed by atoms with Crippen LogP contribution in [-0.2, 0) is 7.05 Å². The number of hydrogen-bond donors (Lipinski definition) is 2. The van der Waals surface area contributed by atoms with E-state index < -0.39 is 0 Å². The van der Waals surface area contributed by atoms with E-state index in [1.807, 2.05) is 35.9 Å². The number of phenolic OH excluding ortho intramolecular Hbond substituents is 1. The van der Waals surface area contributed by atoms with Gasteiger partial charge in [0.1, 0.15) is 11.6 Å². The fraction of sp³-hybridized carbons (Fsp3) is 0.0909. The van der Waals surface area contributed by atoms with E-state index in [0.29, 0.717) is 0 Å². The highest BCUT2D eigenvalue weighted by Gasteiger charge is 2.03. The van der Waals surface area contributed by atoms with Crippen LogP contribution in [0, 0.1) is 0 Å². The van der Waals surface area contributed by atoms with Gasteiger partial charge in [0.2, 0.25) is 0 Å². The number of aromatic nitrogens is 1. The first-order valence-corrected chi connectivity index (χ1v) is 4.39. The van der Waals surface area contributed by atoms with Gasteiger partial charge in [-0.1, -0.05) is 0 Å². The van der Waals surface area contributed by atoms with Gasteiger partial charge >= 0.3 is 0 Å². The summed E-state index contributed by atoms with van der Waals surface area (Å²) in [4.78, 5) is 0. The molecular formula is C11H12N2O. The Morgan fingerprint density at radius 2 is 1.71 bits per heavy atom. The smallest absolute Gasteiger partial charge is 0.115 e. The third-order valence-corrected chi connectivity index (χ3v) is 2.32. The molecule has 3 heteroatoms. The summed E-state index contributed by atoms with van der Waals surface area (Å²) in [5, 5.41) is 9.15. The second-order valence-corrected chi connectivity index (χ2v) is 3.25. The van der Waals surface area contributed by atoms with E-state index in [-0.39, 0.29) is 5.75 Å². The molecule has 3 N–H and O–H groups in total. The molecule has 0 fully saturated rings. The number of nitrogens with two attached hydrogens (primary N) is 1. The molecule has 2 rings (SSSR count). The van der Waals surface area contributed by atoms with E-state index in [9.17, 15) is 0 Å². The molecule has 0 aliphatic carbocycles. The molecule has 2 aromatic rings. The number of hydrogen-bond acceptors (Lipinski definition) is 2. The van der Waals surface area contributed by atoms with Crippen LogP contribution in [-0.4, -0.2) is 9.67 Å². The normalized spacial score (nSPS) is 10.4. The molecule has 0 radical (unpaired) electrons. The molecule has 0 amide bonds. The van der Waals surface area contributed by atoms with Gasteiger partial charge in [0.05, 0.1) is 0 Å². The molecule has 14 heavy (non-hydrogen) atoms. The lowest BCUT2D eigenvalue weighted by Crippen LogP contribution is -1.97. The summed E-state index contributed by atoms with van der Waals surface area (Å²) in [6.45, 7) is 0. The van der Waals surface area contributed by atoms with Crippen molar-refractivity contribution in [1.29, 1.82) is 0 Å². The molecule has 0 atom stereocenters. The van der Waals surface area contributed by atoms with Crippen molar-refractivity contribution in [3.05, 3.63) is 36.4 Å². The fourth-order valence-electron chi connectivity index (χ4n) is 1.45. The first kappa shape index (κ1) is 8.69. The number of rotatable bonds is 1. The molecule has 72 valence electrons. The predicted octanol–water partition coefficient (Wildman–Crippen LogP) is 1.98. The Morgan fingerprint density at radius 3 is 2.21 bits per heavy atom. The molecule has 0 aliphatic heterocycles. The molecule has 1 aromatic heterocycles. The Hall–Kier alpha value is -1.90. The highest BCUT2D eigenvalue weighted by molar-refractivity contribution is 5.64. The highest BCUT2D eigenvalue weighted by Crippen LogP contribution is 2.24. The lowest BCUT2D eigenvalue weighted by Gasteiger charge is -2.04. The van der Waals surface area contributed by atoms with Crippen LogP contribution < -0.4 is 5.73 Å². The summed E-state index contributed by atoms with van der Waals surface area (Å²) >= 11 is 0. The van der Waals surface area contributed by atoms with Gasteiger partial charge in [0.15, 0.2) is 0 Å². The largest absolute Gasteiger partial charge is 0.508 e. The first-order chi connectivity index (χ1) is 6.68. The van der Waals surface area contributed by atoms with Gasteiger partial charge in [0.25, 0.3) is 0 Å². The van der Waals surface area contributed by atoms with Crippen molar-refractivity contribution in [3.63, 3.8) is 0 Å². The SMILES string of the molecule is Cn1c(N)ccc1-c1ccc(O)cc1. The van der Waals surface area contributed by atoms with Crippen molar-refractivity contribution in [2.24, 2.45) is 7.05 Å². The zero-order chi connectivity index (χ0) is 10.1. The van der Waals surface area contributed by atoms with Gasteiger partial charge < -0.3 is 15.4 Å². The van der Waals surface area contributed by atoms with Crippen LogP contribution in [0.25, 0.3) is 11.3 Å². The summed E-state index contributed by atoms with van der Waals surface area (Å²) in [5.41, 5.74) is 7.81. The van der Waals surface area contributed by atoms with Crippen molar-refractivity contribution in [2.45, 2.75) is 0 Å². The molecule has 0 saturated heterocycles. The standard InChI is InChI=1S/C11H12N2O/c1-13-10(6-7-11(13)12)8-2-4-9(14)5-3-8/h2-7,14H,12H2,1H3. The van der Waals surface area contributed by atoms with Gasteiger partial charge in [-0.2, -0.15) is 0 Å². The Bertz CT molecular complexity index is 443. The number of nitrogen functional groups attached to an aromatic ring is 1. The lowest BCUT2D eigenvalue weighted by atomic mass is 10.1. The van der Waals surface area contributed by atoms with Crippen LogP contribution in [0.5, 0.6) is 5.75 Å². The minimum absolute atomic E-state index is 0.274. The number of aromatic hydroxyl groups is 1. The van der Waals surface area contributed by atoms with Gasteiger partial charge in [-0.3, -0.25) is 0 Å². The van der Waals surface area contributed by atoms with Gasteiger partial charge in [-0.15, -0.1) is 0 Å². The molecule has 0 aliphatic rings. The Kier molecular flexibility index (Phi) is 1.93. The number of anilines is 1. The van der Waals surface area contributed by atoms with Crippen LogP contribution in [0.3, 0.4) is 0 Å². The zero-order valence-electron chi connectivity index (χ0n) is 7.94. The minimum Gasteiger partial charge on any atom is -0.508 e. The van der Waals surface area contributed by atoms with E-state index in [0.717, 1.165) is 17.1 Å². The average molecular weight is 188 g/mol. The summed E-state index contributed by atoms with van der Waals surface area (Å²) in [6, 6.07) is 10.9. The van der Waals surface area contributed by atoms with Crippen LogP contribution in [0.1, 0.15) is 0 Å². The maximum Gasteiger partial charge on any atom is 0.115 e. The molecule has 1 aromatic carbocycles. The van der Waals surface area contributed by atoms with Gasteiger partial charge in [-0.05, 0) is 42.0 Å². The molecule has 1 heterocycles. The monoisotopic (exact) mass is 188 g/mol. The number of phenols is 1. The third-order valence-electron chi connectivity index (χ3n) is 2.32. The van der Waals surface area contributed by atoms with Crippen LogP contribution >= 0.6 is 0 Å². The number of nitrogens with zero attached hydrogens (tertiary/aromatic N) is 1.